The van der Waals surface area contributed by atoms with Crippen molar-refractivity contribution in [3.8, 4) is 0 Å². The number of benzene rings is 1. The number of anilines is 1. The van der Waals surface area contributed by atoms with E-state index in [4.69, 9.17) is 0 Å². The summed E-state index contributed by atoms with van der Waals surface area (Å²) in [6, 6.07) is 8.79. The SMILES string of the molecule is Cc1ccc(NC(=O)c2ccnc(C(=O)N3CCN(C=O)CC3)c2)cc1C. The van der Waals surface area contributed by atoms with E-state index in [2.05, 4.69) is 10.3 Å². The molecule has 3 rings (SSSR count). The molecule has 1 aromatic carbocycles. The van der Waals surface area contributed by atoms with Crippen molar-refractivity contribution in [3.05, 3.63) is 58.9 Å². The quantitative estimate of drug-likeness (QED) is 0.838. The fraction of sp³-hybridized carbons (Fsp3) is 0.300. The van der Waals surface area contributed by atoms with E-state index in [0.29, 0.717) is 37.4 Å². The Morgan fingerprint density at radius 1 is 1.04 bits per heavy atom. The minimum Gasteiger partial charge on any atom is -0.342 e. The van der Waals surface area contributed by atoms with Gasteiger partial charge in [0.25, 0.3) is 11.8 Å². The van der Waals surface area contributed by atoms with Crippen molar-refractivity contribution in [1.29, 1.82) is 0 Å². The fourth-order valence-electron chi connectivity index (χ4n) is 2.90. The number of nitrogens with zero attached hydrogens (tertiary/aromatic N) is 3. The highest BCUT2D eigenvalue weighted by Crippen LogP contribution is 2.16. The third-order valence-corrected chi connectivity index (χ3v) is 4.76. The topological polar surface area (TPSA) is 82.6 Å². The van der Waals surface area contributed by atoms with E-state index in [1.54, 1.807) is 15.9 Å². The van der Waals surface area contributed by atoms with E-state index in [1.165, 1.54) is 12.3 Å². The summed E-state index contributed by atoms with van der Waals surface area (Å²) < 4.78 is 0. The molecule has 1 fully saturated rings. The maximum absolute atomic E-state index is 12.6. The summed E-state index contributed by atoms with van der Waals surface area (Å²) in [5, 5.41) is 2.85. The first-order chi connectivity index (χ1) is 13.0. The number of carbonyl (C=O) groups excluding carboxylic acids is 3. The molecule has 2 heterocycles. The lowest BCUT2D eigenvalue weighted by Gasteiger charge is -2.32. The van der Waals surface area contributed by atoms with Crippen LogP contribution in [0.5, 0.6) is 0 Å². The van der Waals surface area contributed by atoms with Crippen LogP contribution in [0, 0.1) is 13.8 Å². The highest BCUT2D eigenvalue weighted by molar-refractivity contribution is 6.05. The van der Waals surface area contributed by atoms with Gasteiger partial charge in [0.15, 0.2) is 0 Å². The molecule has 7 nitrogen and oxygen atoms in total. The molecule has 1 aromatic heterocycles. The molecular formula is C20H22N4O3. The third-order valence-electron chi connectivity index (χ3n) is 4.76. The van der Waals surface area contributed by atoms with Gasteiger partial charge >= 0.3 is 0 Å². The highest BCUT2D eigenvalue weighted by atomic mass is 16.2. The van der Waals surface area contributed by atoms with E-state index in [9.17, 15) is 14.4 Å². The van der Waals surface area contributed by atoms with Gasteiger partial charge in [-0.15, -0.1) is 0 Å². The van der Waals surface area contributed by atoms with Crippen molar-refractivity contribution >= 4 is 23.9 Å². The van der Waals surface area contributed by atoms with Crippen molar-refractivity contribution in [3.63, 3.8) is 0 Å². The van der Waals surface area contributed by atoms with Gasteiger partial charge in [0.2, 0.25) is 6.41 Å². The molecule has 0 aliphatic carbocycles. The smallest absolute Gasteiger partial charge is 0.272 e. The molecule has 1 saturated heterocycles. The number of pyridine rings is 1. The summed E-state index contributed by atoms with van der Waals surface area (Å²) in [4.78, 5) is 43.3. The van der Waals surface area contributed by atoms with E-state index in [0.717, 1.165) is 17.5 Å². The molecule has 0 atom stereocenters. The van der Waals surface area contributed by atoms with Crippen molar-refractivity contribution < 1.29 is 14.4 Å². The first kappa shape index (κ1) is 18.6. The number of carbonyl (C=O) groups is 3. The van der Waals surface area contributed by atoms with Crippen LogP contribution in [0.4, 0.5) is 5.69 Å². The summed E-state index contributed by atoms with van der Waals surface area (Å²) in [6.45, 7) is 5.91. The number of rotatable bonds is 4. The van der Waals surface area contributed by atoms with Crippen molar-refractivity contribution in [2.45, 2.75) is 13.8 Å². The van der Waals surface area contributed by atoms with E-state index in [1.807, 2.05) is 32.0 Å². The number of hydrogen-bond acceptors (Lipinski definition) is 4. The van der Waals surface area contributed by atoms with Crippen molar-refractivity contribution in [2.75, 3.05) is 31.5 Å². The lowest BCUT2D eigenvalue weighted by atomic mass is 10.1. The highest BCUT2D eigenvalue weighted by Gasteiger charge is 2.23. The van der Waals surface area contributed by atoms with Gasteiger partial charge in [-0.3, -0.25) is 19.4 Å². The summed E-state index contributed by atoms with van der Waals surface area (Å²) in [5.74, 6) is -0.526. The predicted molar refractivity (Wildman–Crippen MR) is 102 cm³/mol. The van der Waals surface area contributed by atoms with E-state index >= 15 is 0 Å². The van der Waals surface area contributed by atoms with E-state index < -0.39 is 0 Å². The van der Waals surface area contributed by atoms with Gasteiger partial charge in [-0.1, -0.05) is 6.07 Å². The van der Waals surface area contributed by atoms with Crippen LogP contribution in [0.1, 0.15) is 32.0 Å². The molecule has 0 spiro atoms. The standard InChI is InChI=1S/C20H22N4O3/c1-14-3-4-17(11-15(14)2)22-19(26)16-5-6-21-18(12-16)20(27)24-9-7-23(13-25)8-10-24/h3-6,11-13H,7-10H2,1-2H3,(H,22,26). The number of hydrogen-bond donors (Lipinski definition) is 1. The van der Waals surface area contributed by atoms with Crippen molar-refractivity contribution in [1.82, 2.24) is 14.8 Å². The van der Waals surface area contributed by atoms with Gasteiger partial charge in [-0.25, -0.2) is 0 Å². The average Bonchev–Trinajstić information content (AvgIpc) is 2.70. The second-order valence-electron chi connectivity index (χ2n) is 6.62. The predicted octanol–water partition coefficient (Wildman–Crippen LogP) is 1.86. The van der Waals surface area contributed by atoms with Gasteiger partial charge in [-0.2, -0.15) is 0 Å². The Hall–Kier alpha value is -3.22. The largest absolute Gasteiger partial charge is 0.342 e. The molecular weight excluding hydrogens is 344 g/mol. The first-order valence-corrected chi connectivity index (χ1v) is 8.81. The molecule has 0 saturated carbocycles. The minimum absolute atomic E-state index is 0.224. The summed E-state index contributed by atoms with van der Waals surface area (Å²) in [7, 11) is 0. The number of aryl methyl sites for hydroxylation is 2. The van der Waals surface area contributed by atoms with Crippen LogP contribution in [0.3, 0.4) is 0 Å². The molecule has 3 amide bonds. The lowest BCUT2D eigenvalue weighted by molar-refractivity contribution is -0.119. The van der Waals surface area contributed by atoms with Gasteiger partial charge in [0.1, 0.15) is 5.69 Å². The Labute approximate surface area is 158 Å². The molecule has 0 radical (unpaired) electrons. The lowest BCUT2D eigenvalue weighted by Crippen LogP contribution is -2.48. The van der Waals surface area contributed by atoms with Crippen LogP contribution < -0.4 is 5.32 Å². The number of piperazine rings is 1. The van der Waals surface area contributed by atoms with Crippen LogP contribution in [0.2, 0.25) is 0 Å². The zero-order valence-corrected chi connectivity index (χ0v) is 15.4. The fourth-order valence-corrected chi connectivity index (χ4v) is 2.90. The molecule has 1 aliphatic rings. The van der Waals surface area contributed by atoms with Crippen LogP contribution in [-0.2, 0) is 4.79 Å². The summed E-state index contributed by atoms with van der Waals surface area (Å²) in [6.07, 6.45) is 2.25. The average molecular weight is 366 g/mol. The Balaban J connectivity index is 1.71. The van der Waals surface area contributed by atoms with E-state index in [-0.39, 0.29) is 17.5 Å². The zero-order chi connectivity index (χ0) is 19.4. The Morgan fingerprint density at radius 3 is 2.44 bits per heavy atom. The van der Waals surface area contributed by atoms with Gasteiger partial charge in [-0.05, 0) is 49.2 Å². The molecule has 140 valence electrons. The van der Waals surface area contributed by atoms with Crippen molar-refractivity contribution in [2.24, 2.45) is 0 Å². The number of nitrogens with one attached hydrogen (secondary N) is 1. The molecule has 0 bridgehead atoms. The maximum Gasteiger partial charge on any atom is 0.272 e. The zero-order valence-electron chi connectivity index (χ0n) is 15.4. The first-order valence-electron chi connectivity index (χ1n) is 8.81. The normalized spacial score (nSPS) is 14.0. The van der Waals surface area contributed by atoms with Gasteiger partial charge < -0.3 is 15.1 Å². The summed E-state index contributed by atoms with van der Waals surface area (Å²) in [5.41, 5.74) is 3.55. The van der Waals surface area contributed by atoms with Gasteiger partial charge in [0.05, 0.1) is 0 Å². The molecule has 1 aliphatic heterocycles. The molecule has 1 N–H and O–H groups in total. The van der Waals surface area contributed by atoms with Gasteiger partial charge in [0, 0.05) is 43.6 Å². The second kappa shape index (κ2) is 7.99. The maximum atomic E-state index is 12.6. The van der Waals surface area contributed by atoms with Crippen LogP contribution in [0.25, 0.3) is 0 Å². The Bertz CT molecular complexity index is 873. The Morgan fingerprint density at radius 2 is 1.78 bits per heavy atom. The van der Waals surface area contributed by atoms with Crippen LogP contribution >= 0.6 is 0 Å². The number of aromatic nitrogens is 1. The molecule has 7 heteroatoms. The third kappa shape index (κ3) is 4.31. The molecule has 0 unspecified atom stereocenters. The molecule has 27 heavy (non-hydrogen) atoms. The number of amides is 3. The van der Waals surface area contributed by atoms with Crippen LogP contribution in [0.15, 0.2) is 36.5 Å². The summed E-state index contributed by atoms with van der Waals surface area (Å²) >= 11 is 0. The molecule has 2 aromatic rings. The minimum atomic E-state index is -0.291. The second-order valence-corrected chi connectivity index (χ2v) is 6.62. The Kier molecular flexibility index (Phi) is 5.49. The van der Waals surface area contributed by atoms with Crippen LogP contribution in [-0.4, -0.2) is 59.2 Å². The monoisotopic (exact) mass is 366 g/mol.